The highest BCUT2D eigenvalue weighted by molar-refractivity contribution is 6.10. The van der Waals surface area contributed by atoms with E-state index in [-0.39, 0.29) is 11.4 Å². The lowest BCUT2D eigenvalue weighted by atomic mass is 10.0. The van der Waals surface area contributed by atoms with E-state index in [0.29, 0.717) is 46.9 Å². The Morgan fingerprint density at radius 3 is 2.21 bits per heavy atom. The normalized spacial score (nSPS) is 10.8. The summed E-state index contributed by atoms with van der Waals surface area (Å²) in [5, 5.41) is 0.316. The van der Waals surface area contributed by atoms with E-state index < -0.39 is 11.2 Å². The molecule has 1 heterocycles. The van der Waals surface area contributed by atoms with Crippen molar-refractivity contribution in [3.8, 4) is 17.2 Å². The number of halogens is 1. The number of benzene rings is 3. The van der Waals surface area contributed by atoms with E-state index in [1.807, 2.05) is 6.92 Å². The summed E-state index contributed by atoms with van der Waals surface area (Å²) in [7, 11) is 2.99. The van der Waals surface area contributed by atoms with E-state index in [2.05, 4.69) is 0 Å². The molecule has 0 atom stereocenters. The zero-order chi connectivity index (χ0) is 24.2. The van der Waals surface area contributed by atoms with Gasteiger partial charge < -0.3 is 18.8 Å². The number of ether oxygens (including phenoxy) is 3. The van der Waals surface area contributed by atoms with E-state index in [1.54, 1.807) is 59.3 Å². The van der Waals surface area contributed by atoms with Crippen molar-refractivity contribution in [1.82, 2.24) is 4.57 Å². The van der Waals surface area contributed by atoms with Gasteiger partial charge in [-0.25, -0.2) is 4.39 Å². The third-order valence-corrected chi connectivity index (χ3v) is 5.52. The second-order valence-electron chi connectivity index (χ2n) is 7.64. The number of nitrogens with zero attached hydrogens (tertiary/aromatic N) is 1. The van der Waals surface area contributed by atoms with Gasteiger partial charge in [0.25, 0.3) is 0 Å². The molecule has 0 aliphatic carbocycles. The Balaban J connectivity index is 1.89. The molecule has 0 fully saturated rings. The van der Waals surface area contributed by atoms with E-state index in [4.69, 9.17) is 14.2 Å². The topological polar surface area (TPSA) is 66.8 Å². The summed E-state index contributed by atoms with van der Waals surface area (Å²) in [6.45, 7) is 2.70. The molecule has 0 amide bonds. The van der Waals surface area contributed by atoms with Crippen molar-refractivity contribution in [3.63, 3.8) is 0 Å². The fraction of sp³-hybridized carbons (Fsp3) is 0.185. The predicted octanol–water partition coefficient (Wildman–Crippen LogP) is 4.84. The van der Waals surface area contributed by atoms with E-state index in [1.165, 1.54) is 26.4 Å². The van der Waals surface area contributed by atoms with Crippen LogP contribution in [0, 0.1) is 5.82 Å². The Morgan fingerprint density at radius 2 is 1.59 bits per heavy atom. The van der Waals surface area contributed by atoms with Crippen LogP contribution in [0.5, 0.6) is 17.2 Å². The standard InChI is InChI=1S/C27H24FNO5/c1-4-34-20-11-7-18(8-12-20)26(30)22-16-29(15-17-5-9-19(28)10-6-17)23-14-25(33-3)24(32-2)13-21(23)27(22)31/h5-14,16H,4,15H2,1-3H3. The van der Waals surface area contributed by atoms with Gasteiger partial charge in [-0.05, 0) is 55.0 Å². The van der Waals surface area contributed by atoms with Crippen LogP contribution in [-0.4, -0.2) is 31.2 Å². The summed E-state index contributed by atoms with van der Waals surface area (Å²) in [4.78, 5) is 26.8. The molecule has 6 nitrogen and oxygen atoms in total. The van der Waals surface area contributed by atoms with Crippen molar-refractivity contribution >= 4 is 16.7 Å². The zero-order valence-corrected chi connectivity index (χ0v) is 19.1. The lowest BCUT2D eigenvalue weighted by Gasteiger charge is -2.16. The molecule has 0 spiro atoms. The molecule has 1 aromatic heterocycles. The number of ketones is 1. The fourth-order valence-corrected chi connectivity index (χ4v) is 3.82. The third kappa shape index (κ3) is 4.50. The zero-order valence-electron chi connectivity index (χ0n) is 19.1. The molecule has 0 saturated carbocycles. The second kappa shape index (κ2) is 9.79. The van der Waals surface area contributed by atoms with Crippen LogP contribution in [-0.2, 0) is 6.54 Å². The number of carbonyl (C=O) groups is 1. The van der Waals surface area contributed by atoms with E-state index in [0.717, 1.165) is 5.56 Å². The van der Waals surface area contributed by atoms with Crippen LogP contribution >= 0.6 is 0 Å². The maximum absolute atomic E-state index is 13.4. The van der Waals surface area contributed by atoms with Gasteiger partial charge in [0.05, 0.1) is 37.3 Å². The first-order valence-corrected chi connectivity index (χ1v) is 10.8. The van der Waals surface area contributed by atoms with E-state index >= 15 is 0 Å². The van der Waals surface area contributed by atoms with Gasteiger partial charge in [0.1, 0.15) is 11.6 Å². The Hall–Kier alpha value is -4.13. The molecule has 34 heavy (non-hydrogen) atoms. The highest BCUT2D eigenvalue weighted by Gasteiger charge is 2.20. The van der Waals surface area contributed by atoms with Crippen molar-refractivity contribution in [2.24, 2.45) is 0 Å². The molecule has 0 N–H and O–H groups in total. The smallest absolute Gasteiger partial charge is 0.200 e. The van der Waals surface area contributed by atoms with Crippen molar-refractivity contribution < 1.29 is 23.4 Å². The second-order valence-corrected chi connectivity index (χ2v) is 7.64. The van der Waals surface area contributed by atoms with Crippen LogP contribution in [0.1, 0.15) is 28.4 Å². The minimum atomic E-state index is -0.412. The van der Waals surface area contributed by atoms with Gasteiger partial charge in [-0.3, -0.25) is 9.59 Å². The molecule has 3 aromatic carbocycles. The number of rotatable bonds is 8. The molecule has 174 valence electrons. The number of hydrogen-bond donors (Lipinski definition) is 0. The predicted molar refractivity (Wildman–Crippen MR) is 128 cm³/mol. The summed E-state index contributed by atoms with van der Waals surface area (Å²) in [6.07, 6.45) is 1.54. The largest absolute Gasteiger partial charge is 0.494 e. The molecule has 0 unspecified atom stereocenters. The Kier molecular flexibility index (Phi) is 6.63. The Labute approximate surface area is 196 Å². The first kappa shape index (κ1) is 23.0. The summed E-state index contributed by atoms with van der Waals surface area (Å²) in [6, 6.07) is 16.0. The minimum absolute atomic E-state index is 0.0194. The van der Waals surface area contributed by atoms with Crippen LogP contribution in [0.2, 0.25) is 0 Å². The number of hydrogen-bond acceptors (Lipinski definition) is 5. The first-order valence-electron chi connectivity index (χ1n) is 10.8. The van der Waals surface area contributed by atoms with Gasteiger partial charge >= 0.3 is 0 Å². The average molecular weight is 461 g/mol. The summed E-state index contributed by atoms with van der Waals surface area (Å²) < 4.78 is 31.4. The number of pyridine rings is 1. The fourth-order valence-electron chi connectivity index (χ4n) is 3.82. The molecule has 4 aromatic rings. The van der Waals surface area contributed by atoms with Gasteiger partial charge in [0.15, 0.2) is 17.3 Å². The Bertz CT molecular complexity index is 1390. The average Bonchev–Trinajstić information content (AvgIpc) is 2.86. The highest BCUT2D eigenvalue weighted by atomic mass is 19.1. The van der Waals surface area contributed by atoms with Gasteiger partial charge in [0.2, 0.25) is 5.43 Å². The molecule has 4 rings (SSSR count). The molecule has 0 saturated heterocycles. The quantitative estimate of drug-likeness (QED) is 0.352. The monoisotopic (exact) mass is 461 g/mol. The van der Waals surface area contributed by atoms with E-state index in [9.17, 15) is 14.0 Å². The van der Waals surface area contributed by atoms with Crippen LogP contribution in [0.15, 0.2) is 71.7 Å². The molecule has 0 aliphatic heterocycles. The minimum Gasteiger partial charge on any atom is -0.494 e. The van der Waals surface area contributed by atoms with Crippen molar-refractivity contribution in [2.45, 2.75) is 13.5 Å². The number of carbonyl (C=O) groups excluding carboxylic acids is 1. The molecule has 0 bridgehead atoms. The maximum Gasteiger partial charge on any atom is 0.200 e. The molecular formula is C27H24FNO5. The van der Waals surface area contributed by atoms with Gasteiger partial charge in [-0.2, -0.15) is 0 Å². The summed E-state index contributed by atoms with van der Waals surface area (Å²) >= 11 is 0. The third-order valence-electron chi connectivity index (χ3n) is 5.52. The molecule has 0 radical (unpaired) electrons. The maximum atomic E-state index is 13.4. The lowest BCUT2D eigenvalue weighted by molar-refractivity contribution is 0.103. The summed E-state index contributed by atoms with van der Waals surface area (Å²) in [5.41, 5.74) is 1.35. The highest BCUT2D eigenvalue weighted by Crippen LogP contribution is 2.31. The van der Waals surface area contributed by atoms with Gasteiger partial charge in [-0.1, -0.05) is 12.1 Å². The lowest BCUT2D eigenvalue weighted by Crippen LogP contribution is -2.20. The van der Waals surface area contributed by atoms with Crippen LogP contribution in [0.25, 0.3) is 10.9 Å². The number of methoxy groups -OCH3 is 2. The van der Waals surface area contributed by atoms with Crippen molar-refractivity contribution in [3.05, 3.63) is 99.6 Å². The molecule has 0 aliphatic rings. The SMILES string of the molecule is CCOc1ccc(C(=O)c2cn(Cc3ccc(F)cc3)c3cc(OC)c(OC)cc3c2=O)cc1. The Morgan fingerprint density at radius 1 is 0.941 bits per heavy atom. The van der Waals surface area contributed by atoms with Crippen molar-refractivity contribution in [1.29, 1.82) is 0 Å². The number of aromatic nitrogens is 1. The van der Waals surface area contributed by atoms with Crippen LogP contribution in [0.3, 0.4) is 0 Å². The first-order chi connectivity index (χ1) is 16.4. The van der Waals surface area contributed by atoms with Gasteiger partial charge in [0, 0.05) is 24.4 Å². The number of fused-ring (bicyclic) bond motifs is 1. The van der Waals surface area contributed by atoms with Gasteiger partial charge in [-0.15, -0.1) is 0 Å². The summed E-state index contributed by atoms with van der Waals surface area (Å²) in [5.74, 6) is 0.728. The van der Waals surface area contributed by atoms with Crippen LogP contribution < -0.4 is 19.6 Å². The van der Waals surface area contributed by atoms with Crippen LogP contribution in [0.4, 0.5) is 4.39 Å². The molecule has 7 heteroatoms. The van der Waals surface area contributed by atoms with Crippen molar-refractivity contribution in [2.75, 3.05) is 20.8 Å². The molecular weight excluding hydrogens is 437 g/mol.